The average molecular weight is 310 g/mol. The molecule has 1 aromatic carbocycles. The summed E-state index contributed by atoms with van der Waals surface area (Å²) in [6.45, 7) is 0.167. The molecular weight excluding hydrogens is 292 g/mol. The third kappa shape index (κ3) is 4.38. The van der Waals surface area contributed by atoms with E-state index in [9.17, 15) is 4.79 Å². The highest BCUT2D eigenvalue weighted by Crippen LogP contribution is 2.28. The molecule has 20 heavy (non-hydrogen) atoms. The lowest BCUT2D eigenvalue weighted by Gasteiger charge is -2.21. The van der Waals surface area contributed by atoms with Crippen molar-refractivity contribution >= 4 is 40.6 Å². The molecule has 0 radical (unpaired) electrons. The summed E-state index contributed by atoms with van der Waals surface area (Å²) in [7, 11) is 0. The van der Waals surface area contributed by atoms with Crippen LogP contribution in [0.2, 0.25) is 0 Å². The summed E-state index contributed by atoms with van der Waals surface area (Å²) < 4.78 is 5.50. The minimum absolute atomic E-state index is 0.0346. The van der Waals surface area contributed by atoms with Crippen molar-refractivity contribution in [1.82, 2.24) is 0 Å². The maximum Gasteiger partial charge on any atom is 0.237 e. The summed E-state index contributed by atoms with van der Waals surface area (Å²) in [6, 6.07) is 7.32. The van der Waals surface area contributed by atoms with Gasteiger partial charge in [-0.15, -0.1) is 11.8 Å². The van der Waals surface area contributed by atoms with Crippen LogP contribution in [-0.2, 0) is 4.79 Å². The molecule has 4 nitrogen and oxygen atoms in total. The van der Waals surface area contributed by atoms with Gasteiger partial charge in [-0.1, -0.05) is 30.8 Å². The Morgan fingerprint density at radius 3 is 2.95 bits per heavy atom. The number of hydrogen-bond donors (Lipinski definition) is 2. The molecule has 6 heteroatoms. The van der Waals surface area contributed by atoms with Crippen LogP contribution in [0, 0.1) is 0 Å². The van der Waals surface area contributed by atoms with Crippen LogP contribution in [0.1, 0.15) is 19.3 Å². The first-order valence-corrected chi connectivity index (χ1v) is 8.05. The number of nitrogens with two attached hydrogens (primary N) is 1. The van der Waals surface area contributed by atoms with Crippen LogP contribution in [0.5, 0.6) is 5.75 Å². The van der Waals surface area contributed by atoms with Gasteiger partial charge in [-0.25, -0.2) is 0 Å². The summed E-state index contributed by atoms with van der Waals surface area (Å²) in [5, 5.41) is 2.97. The Hall–Kier alpha value is -1.27. The van der Waals surface area contributed by atoms with Crippen LogP contribution >= 0.6 is 24.0 Å². The zero-order chi connectivity index (χ0) is 14.4. The number of amides is 1. The second-order valence-electron chi connectivity index (χ2n) is 4.60. The third-order valence-electron chi connectivity index (χ3n) is 2.99. The van der Waals surface area contributed by atoms with Crippen LogP contribution in [0.3, 0.4) is 0 Å². The van der Waals surface area contributed by atoms with E-state index in [4.69, 9.17) is 22.7 Å². The number of thiocarbonyl (C=S) groups is 1. The molecule has 1 aliphatic rings. The molecule has 1 aromatic rings. The smallest absolute Gasteiger partial charge is 0.237 e. The minimum Gasteiger partial charge on any atom is -0.484 e. The molecule has 1 unspecified atom stereocenters. The van der Waals surface area contributed by atoms with Crippen molar-refractivity contribution in [2.45, 2.75) is 24.5 Å². The van der Waals surface area contributed by atoms with Gasteiger partial charge in [0.15, 0.2) is 0 Å². The van der Waals surface area contributed by atoms with Gasteiger partial charge in [0, 0.05) is 0 Å². The van der Waals surface area contributed by atoms with Gasteiger partial charge in [-0.05, 0) is 30.7 Å². The number of carbonyl (C=O) groups is 1. The first-order chi connectivity index (χ1) is 9.66. The summed E-state index contributed by atoms with van der Waals surface area (Å²) in [5.41, 5.74) is 6.09. The van der Waals surface area contributed by atoms with Gasteiger partial charge < -0.3 is 15.8 Å². The van der Waals surface area contributed by atoms with Crippen LogP contribution in [0.15, 0.2) is 24.3 Å². The predicted octanol–water partition coefficient (Wildman–Crippen LogP) is 2.58. The quantitative estimate of drug-likeness (QED) is 0.818. The zero-order valence-corrected chi connectivity index (χ0v) is 12.8. The summed E-state index contributed by atoms with van der Waals surface area (Å²) in [4.78, 5) is 12.5. The molecule has 1 atom stereocenters. The molecule has 108 valence electrons. The van der Waals surface area contributed by atoms with Crippen molar-refractivity contribution < 1.29 is 9.53 Å². The van der Waals surface area contributed by atoms with Gasteiger partial charge in [-0.2, -0.15) is 0 Å². The highest BCUT2D eigenvalue weighted by atomic mass is 32.2. The number of carbonyl (C=O) groups excluding carboxylic acids is 1. The number of anilines is 1. The Bertz CT molecular complexity index is 488. The maximum absolute atomic E-state index is 12.2. The van der Waals surface area contributed by atoms with Crippen molar-refractivity contribution in [1.29, 1.82) is 0 Å². The first-order valence-electron chi connectivity index (χ1n) is 6.59. The van der Waals surface area contributed by atoms with Gasteiger partial charge in [0.2, 0.25) is 5.91 Å². The zero-order valence-electron chi connectivity index (χ0n) is 11.1. The second-order valence-corrected chi connectivity index (χ2v) is 6.43. The van der Waals surface area contributed by atoms with E-state index in [0.717, 1.165) is 18.6 Å². The van der Waals surface area contributed by atoms with E-state index in [1.54, 1.807) is 17.8 Å². The van der Waals surface area contributed by atoms with E-state index < -0.39 is 0 Å². The first kappa shape index (κ1) is 15.1. The van der Waals surface area contributed by atoms with Crippen LogP contribution in [0.25, 0.3) is 0 Å². The second kappa shape index (κ2) is 7.50. The molecular formula is C14H18N2O2S2. The molecule has 0 bridgehead atoms. The normalized spacial score (nSPS) is 18.3. The Kier molecular flexibility index (Phi) is 5.67. The number of benzene rings is 1. The Morgan fingerprint density at radius 2 is 2.25 bits per heavy atom. The van der Waals surface area contributed by atoms with Crippen molar-refractivity contribution in [2.24, 2.45) is 5.73 Å². The fourth-order valence-corrected chi connectivity index (χ4v) is 3.26. The van der Waals surface area contributed by atoms with E-state index in [1.165, 1.54) is 6.42 Å². The SMILES string of the molecule is NC(=S)COc1ccccc1NC(=O)C1CCCCS1. The predicted molar refractivity (Wildman–Crippen MR) is 87.4 cm³/mol. The number of para-hydroxylation sites is 2. The lowest BCUT2D eigenvalue weighted by atomic mass is 10.1. The molecule has 1 amide bonds. The van der Waals surface area contributed by atoms with Gasteiger partial charge in [0.25, 0.3) is 0 Å². The van der Waals surface area contributed by atoms with Gasteiger partial charge in [-0.3, -0.25) is 4.79 Å². The number of hydrogen-bond acceptors (Lipinski definition) is 4. The highest BCUT2D eigenvalue weighted by Gasteiger charge is 2.22. The van der Waals surface area contributed by atoms with Gasteiger partial charge >= 0.3 is 0 Å². The molecule has 1 aliphatic heterocycles. The fourth-order valence-electron chi connectivity index (χ4n) is 2.01. The fraction of sp³-hybridized carbons (Fsp3) is 0.429. The molecule has 0 saturated carbocycles. The van der Waals surface area contributed by atoms with Gasteiger partial charge in [0.1, 0.15) is 17.3 Å². The molecule has 0 spiro atoms. The monoisotopic (exact) mass is 310 g/mol. The van der Waals surface area contributed by atoms with E-state index in [1.807, 2.05) is 18.2 Å². The number of thioether (sulfide) groups is 1. The molecule has 3 N–H and O–H groups in total. The standard InChI is InChI=1S/C14H18N2O2S2/c15-13(19)9-18-11-6-2-1-5-10(11)16-14(17)12-7-3-4-8-20-12/h1-2,5-6,12H,3-4,7-9H2,(H2,15,19)(H,16,17). The molecule has 0 aromatic heterocycles. The van der Waals surface area contributed by atoms with Gasteiger partial charge in [0.05, 0.1) is 10.9 Å². The maximum atomic E-state index is 12.2. The summed E-state index contributed by atoms with van der Waals surface area (Å²) in [6.07, 6.45) is 3.25. The Morgan fingerprint density at radius 1 is 1.45 bits per heavy atom. The lowest BCUT2D eigenvalue weighted by Crippen LogP contribution is -2.28. The third-order valence-corrected chi connectivity index (χ3v) is 4.48. The number of ether oxygens (including phenoxy) is 1. The molecule has 1 heterocycles. The van der Waals surface area contributed by atoms with E-state index in [2.05, 4.69) is 5.32 Å². The average Bonchev–Trinajstić information content (AvgIpc) is 2.47. The van der Waals surface area contributed by atoms with Crippen LogP contribution < -0.4 is 15.8 Å². The highest BCUT2D eigenvalue weighted by molar-refractivity contribution is 8.00. The minimum atomic E-state index is 0.0346. The Balaban J connectivity index is 2.00. The molecule has 1 saturated heterocycles. The molecule has 0 aliphatic carbocycles. The van der Waals surface area contributed by atoms with Crippen molar-refractivity contribution in [2.75, 3.05) is 17.7 Å². The molecule has 2 rings (SSSR count). The largest absolute Gasteiger partial charge is 0.484 e. The van der Waals surface area contributed by atoms with Crippen LogP contribution in [-0.4, -0.2) is 28.5 Å². The van der Waals surface area contributed by atoms with Crippen LogP contribution in [0.4, 0.5) is 5.69 Å². The number of rotatable bonds is 5. The van der Waals surface area contributed by atoms with E-state index in [-0.39, 0.29) is 22.8 Å². The number of nitrogens with one attached hydrogen (secondary N) is 1. The van der Waals surface area contributed by atoms with E-state index >= 15 is 0 Å². The lowest BCUT2D eigenvalue weighted by molar-refractivity contribution is -0.115. The Labute approximate surface area is 128 Å². The van der Waals surface area contributed by atoms with Crippen molar-refractivity contribution in [3.05, 3.63) is 24.3 Å². The topological polar surface area (TPSA) is 64.3 Å². The summed E-state index contributed by atoms with van der Waals surface area (Å²) >= 11 is 6.51. The van der Waals surface area contributed by atoms with Crippen molar-refractivity contribution in [3.63, 3.8) is 0 Å². The molecule has 1 fully saturated rings. The van der Waals surface area contributed by atoms with Crippen molar-refractivity contribution in [3.8, 4) is 5.75 Å². The van der Waals surface area contributed by atoms with E-state index in [0.29, 0.717) is 11.4 Å². The summed E-state index contributed by atoms with van der Waals surface area (Å²) in [5.74, 6) is 1.69.